The van der Waals surface area contributed by atoms with Crippen LogP contribution in [-0.2, 0) is 9.59 Å². The summed E-state index contributed by atoms with van der Waals surface area (Å²) in [5, 5.41) is 8.73. The third kappa shape index (κ3) is 4.62. The highest BCUT2D eigenvalue weighted by Crippen LogP contribution is 2.12. The van der Waals surface area contributed by atoms with E-state index in [0.29, 0.717) is 0 Å². The van der Waals surface area contributed by atoms with Crippen LogP contribution in [0.25, 0.3) is 6.08 Å². The molecule has 0 heterocycles. The lowest BCUT2D eigenvalue weighted by molar-refractivity contribution is -0.142. The largest absolute Gasteiger partial charge is 0.480 e. The number of nitrogens with zero attached hydrogens (tertiary/aromatic N) is 1. The van der Waals surface area contributed by atoms with Gasteiger partial charge in [0, 0.05) is 6.08 Å². The van der Waals surface area contributed by atoms with Crippen LogP contribution in [0, 0.1) is 26.2 Å². The fourth-order valence-electron chi connectivity index (χ4n) is 1.76. The Labute approximate surface area is 118 Å². The van der Waals surface area contributed by atoms with Crippen LogP contribution in [0.5, 0.6) is 0 Å². The Bertz CT molecular complexity index is 582. The van der Waals surface area contributed by atoms with E-state index in [2.05, 4.69) is 5.92 Å². The molecule has 1 aromatic carbocycles. The number of hydrogen-bond acceptors (Lipinski definition) is 2. The quantitative estimate of drug-likeness (QED) is 0.657. The summed E-state index contributed by atoms with van der Waals surface area (Å²) in [7, 11) is 0. The van der Waals surface area contributed by atoms with Crippen LogP contribution in [0.15, 0.2) is 24.3 Å². The predicted molar refractivity (Wildman–Crippen MR) is 78.0 cm³/mol. The van der Waals surface area contributed by atoms with Crippen LogP contribution in [0.2, 0.25) is 0 Å². The maximum atomic E-state index is 11.9. The maximum Gasteiger partial charge on any atom is 0.323 e. The van der Waals surface area contributed by atoms with Crippen molar-refractivity contribution in [3.63, 3.8) is 0 Å². The fraction of sp³-hybridized carbons (Fsp3) is 0.250. The number of benzene rings is 1. The van der Waals surface area contributed by atoms with E-state index in [1.165, 1.54) is 6.08 Å². The maximum absolute atomic E-state index is 11.9. The molecular weight excluding hydrogens is 254 g/mol. The van der Waals surface area contributed by atoms with Crippen molar-refractivity contribution in [3.8, 4) is 12.3 Å². The molecule has 0 aliphatic heterocycles. The Morgan fingerprint density at radius 1 is 1.40 bits per heavy atom. The molecule has 4 nitrogen and oxygen atoms in total. The van der Waals surface area contributed by atoms with Crippen molar-refractivity contribution in [2.75, 3.05) is 13.1 Å². The molecule has 1 aromatic rings. The molecule has 1 amide bonds. The minimum absolute atomic E-state index is 0.0254. The predicted octanol–water partition coefficient (Wildman–Crippen LogP) is 1.86. The van der Waals surface area contributed by atoms with Crippen molar-refractivity contribution in [1.29, 1.82) is 0 Å². The standard InChI is InChI=1S/C16H17NO3/c1-4-9-17(11-16(19)20)15(18)8-7-14-6-5-12(2)10-13(14)3/h1,5-8,10H,9,11H2,2-3H3,(H,19,20). The average Bonchev–Trinajstić information content (AvgIpc) is 2.36. The topological polar surface area (TPSA) is 57.6 Å². The van der Waals surface area contributed by atoms with Crippen molar-refractivity contribution in [3.05, 3.63) is 41.0 Å². The minimum atomic E-state index is -1.09. The molecule has 0 atom stereocenters. The summed E-state index contributed by atoms with van der Waals surface area (Å²) >= 11 is 0. The number of rotatable bonds is 5. The van der Waals surface area contributed by atoms with Gasteiger partial charge in [0.05, 0.1) is 6.54 Å². The van der Waals surface area contributed by atoms with E-state index >= 15 is 0 Å². The first-order valence-electron chi connectivity index (χ1n) is 6.13. The molecule has 1 N–H and O–H groups in total. The molecule has 20 heavy (non-hydrogen) atoms. The number of aryl methyl sites for hydroxylation is 2. The van der Waals surface area contributed by atoms with Gasteiger partial charge in [0.1, 0.15) is 6.54 Å². The lowest BCUT2D eigenvalue weighted by atomic mass is 10.1. The SMILES string of the molecule is C#CCN(CC(=O)O)C(=O)C=Cc1ccc(C)cc1C. The van der Waals surface area contributed by atoms with Crippen molar-refractivity contribution in [2.45, 2.75) is 13.8 Å². The number of hydrogen-bond donors (Lipinski definition) is 1. The highest BCUT2D eigenvalue weighted by atomic mass is 16.4. The Hall–Kier alpha value is -2.54. The van der Waals surface area contributed by atoms with Gasteiger partial charge in [-0.3, -0.25) is 9.59 Å². The summed E-state index contributed by atoms with van der Waals surface area (Å²) in [6.45, 7) is 3.52. The van der Waals surface area contributed by atoms with Crippen LogP contribution in [0.1, 0.15) is 16.7 Å². The van der Waals surface area contributed by atoms with Gasteiger partial charge in [-0.1, -0.05) is 29.7 Å². The molecule has 0 fully saturated rings. The molecule has 104 valence electrons. The van der Waals surface area contributed by atoms with Crippen molar-refractivity contribution in [1.82, 2.24) is 4.90 Å². The third-order valence-corrected chi connectivity index (χ3v) is 2.75. The van der Waals surface area contributed by atoms with Gasteiger partial charge in [0.15, 0.2) is 0 Å². The van der Waals surface area contributed by atoms with E-state index in [1.54, 1.807) is 6.08 Å². The van der Waals surface area contributed by atoms with Crippen molar-refractivity contribution >= 4 is 18.0 Å². The van der Waals surface area contributed by atoms with E-state index in [-0.39, 0.29) is 6.54 Å². The van der Waals surface area contributed by atoms with Crippen LogP contribution in [0.3, 0.4) is 0 Å². The smallest absolute Gasteiger partial charge is 0.323 e. The molecule has 0 radical (unpaired) electrons. The Morgan fingerprint density at radius 2 is 2.10 bits per heavy atom. The molecule has 4 heteroatoms. The number of aliphatic carboxylic acids is 1. The molecule has 0 saturated heterocycles. The zero-order valence-electron chi connectivity index (χ0n) is 11.6. The molecule has 1 rings (SSSR count). The first-order chi connectivity index (χ1) is 9.43. The average molecular weight is 271 g/mol. The van der Waals surface area contributed by atoms with Gasteiger partial charge >= 0.3 is 5.97 Å². The number of carboxylic acids is 1. The second kappa shape index (κ2) is 7.15. The zero-order chi connectivity index (χ0) is 15.1. The summed E-state index contributed by atoms with van der Waals surface area (Å²) in [4.78, 5) is 23.7. The monoisotopic (exact) mass is 271 g/mol. The van der Waals surface area contributed by atoms with Crippen molar-refractivity contribution in [2.24, 2.45) is 0 Å². The summed E-state index contributed by atoms with van der Waals surface area (Å²) in [5.74, 6) is 0.778. The minimum Gasteiger partial charge on any atom is -0.480 e. The Balaban J connectivity index is 2.84. The van der Waals surface area contributed by atoms with Gasteiger partial charge in [0.25, 0.3) is 0 Å². The molecule has 0 aliphatic rings. The van der Waals surface area contributed by atoms with E-state index in [9.17, 15) is 9.59 Å². The summed E-state index contributed by atoms with van der Waals surface area (Å²) in [5.41, 5.74) is 3.11. The molecule has 0 aliphatic carbocycles. The van der Waals surface area contributed by atoms with Crippen molar-refractivity contribution < 1.29 is 14.7 Å². The number of terminal acetylenes is 1. The second-order valence-corrected chi connectivity index (χ2v) is 4.49. The Kier molecular flexibility index (Phi) is 5.55. The lowest BCUT2D eigenvalue weighted by Gasteiger charge is -2.15. The summed E-state index contributed by atoms with van der Waals surface area (Å²) in [6.07, 6.45) is 8.14. The number of amides is 1. The fourth-order valence-corrected chi connectivity index (χ4v) is 1.76. The number of carbonyl (C=O) groups excluding carboxylic acids is 1. The summed E-state index contributed by atoms with van der Waals surface area (Å²) in [6, 6.07) is 5.88. The highest BCUT2D eigenvalue weighted by Gasteiger charge is 2.12. The normalized spacial score (nSPS) is 10.2. The zero-order valence-corrected chi connectivity index (χ0v) is 11.6. The molecular formula is C16H17NO3. The van der Waals surface area contributed by atoms with Crippen LogP contribution in [0.4, 0.5) is 0 Å². The van der Waals surface area contributed by atoms with Gasteiger partial charge in [0.2, 0.25) is 5.91 Å². The number of carboxylic acid groups (broad SMARTS) is 1. The van der Waals surface area contributed by atoms with E-state index in [1.807, 2.05) is 32.0 Å². The van der Waals surface area contributed by atoms with Crippen LogP contribution < -0.4 is 0 Å². The molecule has 0 spiro atoms. The number of carbonyl (C=O) groups is 2. The second-order valence-electron chi connectivity index (χ2n) is 4.49. The third-order valence-electron chi connectivity index (χ3n) is 2.75. The van der Waals surface area contributed by atoms with Crippen LogP contribution in [-0.4, -0.2) is 35.0 Å². The highest BCUT2D eigenvalue weighted by molar-refractivity contribution is 5.93. The van der Waals surface area contributed by atoms with Gasteiger partial charge in [-0.25, -0.2) is 0 Å². The van der Waals surface area contributed by atoms with Crippen LogP contribution >= 0.6 is 0 Å². The molecule has 0 saturated carbocycles. The van der Waals surface area contributed by atoms with Gasteiger partial charge in [-0.15, -0.1) is 6.42 Å². The van der Waals surface area contributed by atoms with E-state index in [0.717, 1.165) is 21.6 Å². The van der Waals surface area contributed by atoms with E-state index in [4.69, 9.17) is 11.5 Å². The molecule has 0 unspecified atom stereocenters. The lowest BCUT2D eigenvalue weighted by Crippen LogP contribution is -2.34. The van der Waals surface area contributed by atoms with E-state index < -0.39 is 18.4 Å². The molecule has 0 bridgehead atoms. The van der Waals surface area contributed by atoms with Gasteiger partial charge < -0.3 is 10.0 Å². The first-order valence-corrected chi connectivity index (χ1v) is 6.13. The Morgan fingerprint density at radius 3 is 2.65 bits per heavy atom. The molecule has 0 aromatic heterocycles. The first kappa shape index (κ1) is 15.5. The summed E-state index contributed by atoms with van der Waals surface area (Å²) < 4.78 is 0. The van der Waals surface area contributed by atoms with Gasteiger partial charge in [-0.2, -0.15) is 0 Å². The van der Waals surface area contributed by atoms with Gasteiger partial charge in [-0.05, 0) is 31.1 Å².